The Balaban J connectivity index is 1.94. The standard InChI is InChI=1S/C16H19FN2O2S/c1-16(2,3)22-9-8-21-15(20)12-10-18-19(11-12)14-7-5-4-6-13(14)17/h4-7,10-11H,8-9H2,1-3H3. The smallest absolute Gasteiger partial charge is 0.341 e. The van der Waals surface area contributed by atoms with E-state index in [4.69, 9.17) is 4.74 Å². The summed E-state index contributed by atoms with van der Waals surface area (Å²) in [7, 11) is 0. The number of esters is 1. The number of aromatic nitrogens is 2. The first-order chi connectivity index (χ1) is 10.4. The molecule has 0 unspecified atom stereocenters. The Labute approximate surface area is 133 Å². The topological polar surface area (TPSA) is 44.1 Å². The number of halogens is 1. The zero-order valence-corrected chi connectivity index (χ0v) is 13.7. The number of hydrogen-bond donors (Lipinski definition) is 0. The largest absolute Gasteiger partial charge is 0.461 e. The van der Waals surface area contributed by atoms with Crippen molar-refractivity contribution in [2.45, 2.75) is 25.5 Å². The Hall–Kier alpha value is -1.82. The Morgan fingerprint density at radius 2 is 2.09 bits per heavy atom. The van der Waals surface area contributed by atoms with Crippen LogP contribution in [0.15, 0.2) is 36.7 Å². The Morgan fingerprint density at radius 3 is 2.77 bits per heavy atom. The van der Waals surface area contributed by atoms with Crippen molar-refractivity contribution in [1.29, 1.82) is 0 Å². The van der Waals surface area contributed by atoms with Crippen LogP contribution in [0.1, 0.15) is 31.1 Å². The Morgan fingerprint density at radius 1 is 1.36 bits per heavy atom. The van der Waals surface area contributed by atoms with Crippen LogP contribution in [0.3, 0.4) is 0 Å². The number of carbonyl (C=O) groups is 1. The fourth-order valence-electron chi connectivity index (χ4n) is 1.76. The Kier molecular flexibility index (Phi) is 5.24. The van der Waals surface area contributed by atoms with Crippen LogP contribution in [-0.2, 0) is 4.74 Å². The minimum atomic E-state index is -0.447. The SMILES string of the molecule is CC(C)(C)SCCOC(=O)c1cnn(-c2ccccc2F)c1. The summed E-state index contributed by atoms with van der Waals surface area (Å²) in [5, 5.41) is 4.01. The lowest BCUT2D eigenvalue weighted by Gasteiger charge is -2.16. The second kappa shape index (κ2) is 6.96. The molecule has 0 amide bonds. The fourth-order valence-corrected chi connectivity index (χ4v) is 2.54. The molecule has 1 aromatic carbocycles. The molecule has 0 aliphatic carbocycles. The number of hydrogen-bond acceptors (Lipinski definition) is 4. The molecule has 4 nitrogen and oxygen atoms in total. The van der Waals surface area contributed by atoms with E-state index in [1.54, 1.807) is 30.0 Å². The highest BCUT2D eigenvalue weighted by Crippen LogP contribution is 2.22. The maximum Gasteiger partial charge on any atom is 0.341 e. The van der Waals surface area contributed by atoms with Gasteiger partial charge in [-0.3, -0.25) is 0 Å². The molecule has 2 aromatic rings. The van der Waals surface area contributed by atoms with Gasteiger partial charge in [0.2, 0.25) is 0 Å². The summed E-state index contributed by atoms with van der Waals surface area (Å²) in [4.78, 5) is 11.9. The van der Waals surface area contributed by atoms with E-state index >= 15 is 0 Å². The lowest BCUT2D eigenvalue weighted by atomic mass is 10.3. The first kappa shape index (κ1) is 16.5. The lowest BCUT2D eigenvalue weighted by Crippen LogP contribution is -2.13. The van der Waals surface area contributed by atoms with E-state index < -0.39 is 11.8 Å². The summed E-state index contributed by atoms with van der Waals surface area (Å²) in [6.45, 7) is 6.67. The van der Waals surface area contributed by atoms with Gasteiger partial charge in [0, 0.05) is 16.7 Å². The maximum absolute atomic E-state index is 13.7. The van der Waals surface area contributed by atoms with Crippen molar-refractivity contribution in [3.05, 3.63) is 48.0 Å². The van der Waals surface area contributed by atoms with Gasteiger partial charge in [0.15, 0.2) is 0 Å². The highest BCUT2D eigenvalue weighted by molar-refractivity contribution is 8.00. The molecule has 0 aliphatic rings. The van der Waals surface area contributed by atoms with Gasteiger partial charge in [0.1, 0.15) is 18.1 Å². The molecule has 0 radical (unpaired) electrons. The van der Waals surface area contributed by atoms with E-state index in [2.05, 4.69) is 25.9 Å². The third-order valence-electron chi connectivity index (χ3n) is 2.77. The van der Waals surface area contributed by atoms with Crippen LogP contribution in [0.5, 0.6) is 0 Å². The molecule has 118 valence electrons. The Bertz CT molecular complexity index is 650. The number of para-hydroxylation sites is 1. The summed E-state index contributed by atoms with van der Waals surface area (Å²) in [5.41, 5.74) is 0.605. The van der Waals surface area contributed by atoms with Crippen LogP contribution in [0.2, 0.25) is 0 Å². The van der Waals surface area contributed by atoms with Gasteiger partial charge >= 0.3 is 5.97 Å². The second-order valence-electron chi connectivity index (χ2n) is 5.72. The van der Waals surface area contributed by atoms with E-state index in [1.807, 2.05) is 0 Å². The van der Waals surface area contributed by atoms with Gasteiger partial charge in [-0.05, 0) is 12.1 Å². The van der Waals surface area contributed by atoms with Gasteiger partial charge in [-0.1, -0.05) is 32.9 Å². The number of ether oxygens (including phenoxy) is 1. The number of rotatable bonds is 5. The summed E-state index contributed by atoms with van der Waals surface area (Å²) in [6, 6.07) is 6.25. The van der Waals surface area contributed by atoms with Crippen LogP contribution in [0.25, 0.3) is 5.69 Å². The third kappa shape index (κ3) is 4.59. The predicted octanol–water partition coefficient (Wildman–Crippen LogP) is 3.70. The minimum absolute atomic E-state index is 0.141. The van der Waals surface area contributed by atoms with Crippen molar-refractivity contribution in [3.63, 3.8) is 0 Å². The van der Waals surface area contributed by atoms with Crippen molar-refractivity contribution in [2.24, 2.45) is 0 Å². The molecular weight excluding hydrogens is 303 g/mol. The van der Waals surface area contributed by atoms with Crippen LogP contribution in [0, 0.1) is 5.82 Å². The molecule has 0 bridgehead atoms. The monoisotopic (exact) mass is 322 g/mol. The van der Waals surface area contributed by atoms with Crippen LogP contribution in [0.4, 0.5) is 4.39 Å². The normalized spacial score (nSPS) is 11.5. The average molecular weight is 322 g/mol. The molecule has 0 N–H and O–H groups in total. The molecule has 0 fully saturated rings. The molecule has 0 aliphatic heterocycles. The van der Waals surface area contributed by atoms with Gasteiger partial charge < -0.3 is 4.74 Å². The molecule has 1 aromatic heterocycles. The lowest BCUT2D eigenvalue weighted by molar-refractivity contribution is 0.0530. The number of nitrogens with zero attached hydrogens (tertiary/aromatic N) is 2. The predicted molar refractivity (Wildman–Crippen MR) is 86.0 cm³/mol. The highest BCUT2D eigenvalue weighted by atomic mass is 32.2. The number of carbonyl (C=O) groups excluding carboxylic acids is 1. The summed E-state index contributed by atoms with van der Waals surface area (Å²) in [5.74, 6) is -0.111. The van der Waals surface area contributed by atoms with Crippen LogP contribution in [-0.4, -0.2) is 32.9 Å². The molecule has 0 spiro atoms. The number of benzene rings is 1. The molecule has 1 heterocycles. The fraction of sp³-hybridized carbons (Fsp3) is 0.375. The van der Waals surface area contributed by atoms with Crippen LogP contribution >= 0.6 is 11.8 Å². The van der Waals surface area contributed by atoms with Gasteiger partial charge in [0.05, 0.1) is 11.8 Å². The highest BCUT2D eigenvalue weighted by Gasteiger charge is 2.14. The van der Waals surface area contributed by atoms with Gasteiger partial charge in [-0.15, -0.1) is 0 Å². The van der Waals surface area contributed by atoms with E-state index in [0.29, 0.717) is 17.9 Å². The van der Waals surface area contributed by atoms with Crippen LogP contribution < -0.4 is 0 Å². The molecule has 0 saturated heterocycles. The summed E-state index contributed by atoms with van der Waals surface area (Å²) < 4.78 is 20.3. The van der Waals surface area contributed by atoms with Crippen molar-refractivity contribution >= 4 is 17.7 Å². The zero-order valence-electron chi connectivity index (χ0n) is 12.9. The summed E-state index contributed by atoms with van der Waals surface area (Å²) >= 11 is 1.73. The maximum atomic E-state index is 13.7. The van der Waals surface area contributed by atoms with Gasteiger partial charge in [0.25, 0.3) is 0 Å². The van der Waals surface area contributed by atoms with Crippen molar-refractivity contribution in [3.8, 4) is 5.69 Å². The first-order valence-corrected chi connectivity index (χ1v) is 7.96. The van der Waals surface area contributed by atoms with E-state index in [1.165, 1.54) is 23.1 Å². The van der Waals surface area contributed by atoms with Gasteiger partial charge in [-0.2, -0.15) is 16.9 Å². The van der Waals surface area contributed by atoms with Gasteiger partial charge in [-0.25, -0.2) is 13.9 Å². The molecule has 6 heteroatoms. The molecule has 0 saturated carbocycles. The summed E-state index contributed by atoms with van der Waals surface area (Å²) in [6.07, 6.45) is 2.85. The van der Waals surface area contributed by atoms with E-state index in [-0.39, 0.29) is 4.75 Å². The molecular formula is C16H19FN2O2S. The number of thioether (sulfide) groups is 1. The first-order valence-electron chi connectivity index (χ1n) is 6.97. The van der Waals surface area contributed by atoms with Crippen molar-refractivity contribution in [2.75, 3.05) is 12.4 Å². The molecule has 2 rings (SSSR count). The van der Waals surface area contributed by atoms with Crippen molar-refractivity contribution < 1.29 is 13.9 Å². The minimum Gasteiger partial charge on any atom is -0.461 e. The third-order valence-corrected chi connectivity index (χ3v) is 4.01. The average Bonchev–Trinajstić information content (AvgIpc) is 2.92. The van der Waals surface area contributed by atoms with E-state index in [9.17, 15) is 9.18 Å². The second-order valence-corrected chi connectivity index (χ2v) is 7.64. The quantitative estimate of drug-likeness (QED) is 0.622. The molecule has 0 atom stereocenters. The van der Waals surface area contributed by atoms with E-state index in [0.717, 1.165) is 5.75 Å². The zero-order chi connectivity index (χ0) is 16.2. The molecule has 22 heavy (non-hydrogen) atoms. The van der Waals surface area contributed by atoms with Crippen molar-refractivity contribution in [1.82, 2.24) is 9.78 Å².